The predicted octanol–water partition coefficient (Wildman–Crippen LogP) is 3.88. The lowest BCUT2D eigenvalue weighted by Gasteiger charge is -2.35. The number of rotatable bonds is 8. The summed E-state index contributed by atoms with van der Waals surface area (Å²) in [4.78, 5) is 3.99. The summed E-state index contributed by atoms with van der Waals surface area (Å²) in [5.74, 6) is 2.02. The van der Waals surface area contributed by atoms with E-state index in [9.17, 15) is 0 Å². The molecule has 1 N–H and O–H groups in total. The Hall–Kier alpha value is -0.510. The summed E-state index contributed by atoms with van der Waals surface area (Å²) in [6.07, 6.45) is 4.01. The minimum Gasteiger partial charge on any atom is -0.313 e. The van der Waals surface area contributed by atoms with Gasteiger partial charge in [0, 0.05) is 23.2 Å². The Morgan fingerprint density at radius 1 is 1.24 bits per heavy atom. The van der Waals surface area contributed by atoms with Crippen molar-refractivity contribution in [3.8, 4) is 0 Å². The van der Waals surface area contributed by atoms with Gasteiger partial charge in [0.25, 0.3) is 0 Å². The van der Waals surface area contributed by atoms with E-state index in [1.165, 1.54) is 43.8 Å². The molecule has 3 heteroatoms. The minimum absolute atomic E-state index is 0.658. The maximum Gasteiger partial charge on any atom is 0.0106 e. The molecular formula is C18H30N2S. The first-order valence-electron chi connectivity index (χ1n) is 8.43. The zero-order valence-electron chi connectivity index (χ0n) is 13.6. The van der Waals surface area contributed by atoms with Crippen LogP contribution in [0.25, 0.3) is 0 Å². The summed E-state index contributed by atoms with van der Waals surface area (Å²) < 4.78 is 0. The molecule has 21 heavy (non-hydrogen) atoms. The van der Waals surface area contributed by atoms with Gasteiger partial charge in [0.2, 0.25) is 0 Å². The van der Waals surface area contributed by atoms with Crippen LogP contribution in [0.15, 0.2) is 35.2 Å². The van der Waals surface area contributed by atoms with Gasteiger partial charge in [0.1, 0.15) is 0 Å². The Morgan fingerprint density at radius 2 is 1.95 bits per heavy atom. The van der Waals surface area contributed by atoms with E-state index in [0.717, 1.165) is 18.2 Å². The fourth-order valence-corrected chi connectivity index (χ4v) is 3.94. The number of nitrogens with zero attached hydrogens (tertiary/aromatic N) is 1. The molecule has 1 aromatic rings. The van der Waals surface area contributed by atoms with Crippen LogP contribution in [0.5, 0.6) is 0 Å². The average Bonchev–Trinajstić information content (AvgIpc) is 2.53. The van der Waals surface area contributed by atoms with Crippen molar-refractivity contribution in [1.29, 1.82) is 0 Å². The number of likely N-dealkylation sites (tertiary alicyclic amines) is 1. The second-order valence-electron chi connectivity index (χ2n) is 6.08. The molecule has 2 rings (SSSR count). The fourth-order valence-electron chi connectivity index (χ4n) is 3.13. The van der Waals surface area contributed by atoms with Crippen LogP contribution < -0.4 is 5.32 Å². The van der Waals surface area contributed by atoms with Crippen LogP contribution in [0.2, 0.25) is 0 Å². The smallest absolute Gasteiger partial charge is 0.0106 e. The van der Waals surface area contributed by atoms with E-state index >= 15 is 0 Å². The van der Waals surface area contributed by atoms with Crippen LogP contribution in [0.1, 0.15) is 33.1 Å². The van der Waals surface area contributed by atoms with Crippen molar-refractivity contribution in [2.24, 2.45) is 5.92 Å². The van der Waals surface area contributed by atoms with Crippen LogP contribution in [0.4, 0.5) is 0 Å². The predicted molar refractivity (Wildman–Crippen MR) is 94.1 cm³/mol. The van der Waals surface area contributed by atoms with Crippen LogP contribution in [0, 0.1) is 5.92 Å². The molecule has 118 valence electrons. The van der Waals surface area contributed by atoms with Gasteiger partial charge in [0.15, 0.2) is 0 Å². The number of benzene rings is 1. The zero-order valence-corrected chi connectivity index (χ0v) is 14.4. The van der Waals surface area contributed by atoms with Crippen molar-refractivity contribution in [3.63, 3.8) is 0 Å². The van der Waals surface area contributed by atoms with Crippen molar-refractivity contribution >= 4 is 11.8 Å². The lowest BCUT2D eigenvalue weighted by Crippen LogP contribution is -2.42. The third-order valence-corrected chi connectivity index (χ3v) is 5.47. The molecule has 2 nitrogen and oxygen atoms in total. The molecule has 1 aliphatic rings. The standard InChI is InChI=1S/C18H30N2S/c1-3-12-20-13-9-17(10-14-20)16(2)19-11-15-21-18-7-5-4-6-8-18/h4-8,16-17,19H,3,9-15H2,1-2H3. The molecule has 0 spiro atoms. The van der Waals surface area contributed by atoms with Gasteiger partial charge in [0.05, 0.1) is 0 Å². The molecule has 1 saturated heterocycles. The molecule has 0 aliphatic carbocycles. The number of piperidine rings is 1. The maximum atomic E-state index is 3.73. The first-order valence-corrected chi connectivity index (χ1v) is 9.41. The normalized spacial score (nSPS) is 18.8. The maximum absolute atomic E-state index is 3.73. The Balaban J connectivity index is 1.58. The van der Waals surface area contributed by atoms with Gasteiger partial charge in [-0.15, -0.1) is 11.8 Å². The first-order chi connectivity index (χ1) is 10.3. The molecule has 0 saturated carbocycles. The van der Waals surface area contributed by atoms with Gasteiger partial charge in [-0.1, -0.05) is 25.1 Å². The van der Waals surface area contributed by atoms with E-state index in [2.05, 4.69) is 54.4 Å². The second-order valence-corrected chi connectivity index (χ2v) is 7.25. The largest absolute Gasteiger partial charge is 0.313 e. The van der Waals surface area contributed by atoms with Crippen molar-refractivity contribution < 1.29 is 0 Å². The molecule has 0 amide bonds. The number of thioether (sulfide) groups is 1. The van der Waals surface area contributed by atoms with E-state index in [1.54, 1.807) is 0 Å². The highest BCUT2D eigenvalue weighted by Crippen LogP contribution is 2.21. The highest BCUT2D eigenvalue weighted by molar-refractivity contribution is 7.99. The van der Waals surface area contributed by atoms with E-state index in [4.69, 9.17) is 0 Å². The van der Waals surface area contributed by atoms with Crippen LogP contribution in [-0.4, -0.2) is 42.9 Å². The molecule has 1 atom stereocenters. The highest BCUT2D eigenvalue weighted by atomic mass is 32.2. The van der Waals surface area contributed by atoms with Crippen molar-refractivity contribution in [3.05, 3.63) is 30.3 Å². The van der Waals surface area contributed by atoms with Gasteiger partial charge in [-0.05, 0) is 63.9 Å². The number of nitrogens with one attached hydrogen (secondary N) is 1. The molecule has 0 bridgehead atoms. The zero-order chi connectivity index (χ0) is 14.9. The average molecular weight is 307 g/mol. The van der Waals surface area contributed by atoms with Gasteiger partial charge in [-0.3, -0.25) is 0 Å². The summed E-state index contributed by atoms with van der Waals surface area (Å²) in [7, 11) is 0. The van der Waals surface area contributed by atoms with Crippen molar-refractivity contribution in [1.82, 2.24) is 10.2 Å². The number of hydrogen-bond donors (Lipinski definition) is 1. The van der Waals surface area contributed by atoms with E-state index in [0.29, 0.717) is 6.04 Å². The van der Waals surface area contributed by atoms with Gasteiger partial charge in [-0.2, -0.15) is 0 Å². The monoisotopic (exact) mass is 306 g/mol. The molecule has 0 aromatic heterocycles. The van der Waals surface area contributed by atoms with E-state index in [1.807, 2.05) is 11.8 Å². The van der Waals surface area contributed by atoms with Gasteiger partial charge < -0.3 is 10.2 Å². The van der Waals surface area contributed by atoms with E-state index in [-0.39, 0.29) is 0 Å². The Labute approximate surface area is 134 Å². The molecule has 1 unspecified atom stereocenters. The van der Waals surface area contributed by atoms with Crippen LogP contribution >= 0.6 is 11.8 Å². The fraction of sp³-hybridized carbons (Fsp3) is 0.667. The second kappa shape index (κ2) is 9.50. The molecule has 1 fully saturated rings. The van der Waals surface area contributed by atoms with Crippen molar-refractivity contribution in [2.45, 2.75) is 44.0 Å². The molecule has 1 heterocycles. The summed E-state index contributed by atoms with van der Waals surface area (Å²) >= 11 is 1.95. The lowest BCUT2D eigenvalue weighted by molar-refractivity contribution is 0.163. The molecule has 0 radical (unpaired) electrons. The number of hydrogen-bond acceptors (Lipinski definition) is 3. The van der Waals surface area contributed by atoms with E-state index < -0.39 is 0 Å². The highest BCUT2D eigenvalue weighted by Gasteiger charge is 2.22. The van der Waals surface area contributed by atoms with Crippen LogP contribution in [-0.2, 0) is 0 Å². The summed E-state index contributed by atoms with van der Waals surface area (Å²) in [5.41, 5.74) is 0. The quantitative estimate of drug-likeness (QED) is 0.579. The molecular weight excluding hydrogens is 276 g/mol. The first kappa shape index (κ1) is 16.9. The Morgan fingerprint density at radius 3 is 2.62 bits per heavy atom. The SMILES string of the molecule is CCCN1CCC(C(C)NCCSc2ccccc2)CC1. The Kier molecular flexibility index (Phi) is 7.62. The third kappa shape index (κ3) is 6.01. The molecule has 1 aromatic carbocycles. The Bertz CT molecular complexity index is 374. The third-order valence-electron chi connectivity index (χ3n) is 4.46. The lowest BCUT2D eigenvalue weighted by atomic mass is 9.90. The van der Waals surface area contributed by atoms with Gasteiger partial charge >= 0.3 is 0 Å². The minimum atomic E-state index is 0.658. The molecule has 1 aliphatic heterocycles. The van der Waals surface area contributed by atoms with Crippen LogP contribution in [0.3, 0.4) is 0 Å². The summed E-state index contributed by atoms with van der Waals surface area (Å²) in [5, 5.41) is 3.73. The topological polar surface area (TPSA) is 15.3 Å². The summed E-state index contributed by atoms with van der Waals surface area (Å²) in [6, 6.07) is 11.3. The van der Waals surface area contributed by atoms with Gasteiger partial charge in [-0.25, -0.2) is 0 Å². The van der Waals surface area contributed by atoms with Crippen molar-refractivity contribution in [2.75, 3.05) is 31.9 Å². The summed E-state index contributed by atoms with van der Waals surface area (Å²) in [6.45, 7) is 9.62.